The lowest BCUT2D eigenvalue weighted by molar-refractivity contribution is -0.116. The fourth-order valence-corrected chi connectivity index (χ4v) is 5.29. The van der Waals surface area contributed by atoms with Crippen LogP contribution in [0.25, 0.3) is 11.6 Å². The van der Waals surface area contributed by atoms with Crippen LogP contribution in [0.15, 0.2) is 81.2 Å². The van der Waals surface area contributed by atoms with E-state index in [0.29, 0.717) is 49.1 Å². The average molecular weight is 574 g/mol. The van der Waals surface area contributed by atoms with E-state index in [0.717, 1.165) is 17.4 Å². The highest BCUT2D eigenvalue weighted by molar-refractivity contribution is 7.90. The molecule has 41 heavy (non-hydrogen) atoms. The second kappa shape index (κ2) is 11.1. The number of amides is 1. The van der Waals surface area contributed by atoms with Gasteiger partial charge >= 0.3 is 6.01 Å². The molecule has 2 N–H and O–H groups in total. The molecule has 0 bridgehead atoms. The standard InChI is InChI=1S/C28H27N7O5S/c1-41(37,38)19-15-22(35-11-13-39-14-12-35)26(29-17-19)27-33-34-28(40-27)32-23-16-24(36)30-21-10-6-5-9-20(21)25(31-23)18-7-3-2-4-8-18/h2-10,15,17,23H,11-14,16H2,1H3,(H,30,36)(H,32,34)/b31-25-/t23-/m1/s1. The number of aliphatic imine (C=N–C) groups is 1. The largest absolute Gasteiger partial charge is 0.402 e. The third-order valence-electron chi connectivity index (χ3n) is 6.71. The molecule has 6 rings (SSSR count). The van der Waals surface area contributed by atoms with Gasteiger partial charge in [0, 0.05) is 36.7 Å². The van der Waals surface area contributed by atoms with E-state index in [1.165, 1.54) is 6.20 Å². The predicted octanol–water partition coefficient (Wildman–Crippen LogP) is 2.99. The SMILES string of the molecule is CS(=O)(=O)c1cnc(-c2nnc(N[C@@H]3CC(=O)Nc4ccccc4/C(c4ccccc4)=N\3)o2)c(N2CCOCC2)c1. The Morgan fingerprint density at radius 2 is 1.78 bits per heavy atom. The summed E-state index contributed by atoms with van der Waals surface area (Å²) in [5, 5.41) is 14.4. The lowest BCUT2D eigenvalue weighted by atomic mass is 9.99. The number of aromatic nitrogens is 3. The van der Waals surface area contributed by atoms with Gasteiger partial charge in [-0.05, 0) is 12.1 Å². The number of nitrogens with zero attached hydrogens (tertiary/aromatic N) is 5. The van der Waals surface area contributed by atoms with Crippen molar-refractivity contribution in [3.8, 4) is 11.6 Å². The first kappa shape index (κ1) is 26.6. The molecule has 12 nitrogen and oxygen atoms in total. The first-order chi connectivity index (χ1) is 19.8. The summed E-state index contributed by atoms with van der Waals surface area (Å²) in [6.45, 7) is 2.09. The van der Waals surface area contributed by atoms with Crippen LogP contribution in [0.1, 0.15) is 17.5 Å². The minimum Gasteiger partial charge on any atom is -0.402 e. The lowest BCUT2D eigenvalue weighted by Gasteiger charge is -2.29. The lowest BCUT2D eigenvalue weighted by Crippen LogP contribution is -2.36. The molecule has 2 aliphatic heterocycles. The fraction of sp³-hybridized carbons (Fsp3) is 0.250. The molecular weight excluding hydrogens is 546 g/mol. The van der Waals surface area contributed by atoms with Gasteiger partial charge in [0.25, 0.3) is 5.89 Å². The van der Waals surface area contributed by atoms with E-state index >= 15 is 0 Å². The molecule has 1 amide bonds. The summed E-state index contributed by atoms with van der Waals surface area (Å²) >= 11 is 0. The van der Waals surface area contributed by atoms with Gasteiger partial charge in [-0.15, -0.1) is 5.10 Å². The van der Waals surface area contributed by atoms with Crippen LogP contribution in [-0.2, 0) is 19.4 Å². The van der Waals surface area contributed by atoms with Crippen molar-refractivity contribution in [2.75, 3.05) is 48.1 Å². The summed E-state index contributed by atoms with van der Waals surface area (Å²) in [7, 11) is -3.49. The van der Waals surface area contributed by atoms with Crippen molar-refractivity contribution in [3.05, 3.63) is 78.0 Å². The molecule has 0 unspecified atom stereocenters. The quantitative estimate of drug-likeness (QED) is 0.352. The summed E-state index contributed by atoms with van der Waals surface area (Å²) in [4.78, 5) is 24.2. The highest BCUT2D eigenvalue weighted by atomic mass is 32.2. The molecule has 4 aromatic rings. The number of pyridine rings is 1. The van der Waals surface area contributed by atoms with Gasteiger partial charge in [-0.3, -0.25) is 9.79 Å². The highest BCUT2D eigenvalue weighted by Crippen LogP contribution is 2.32. The Morgan fingerprint density at radius 1 is 1.02 bits per heavy atom. The normalized spacial score (nSPS) is 18.9. The van der Waals surface area contributed by atoms with E-state index < -0.39 is 16.0 Å². The molecule has 0 aliphatic carbocycles. The molecule has 13 heteroatoms. The minimum absolute atomic E-state index is 0.0166. The Balaban J connectivity index is 1.35. The van der Waals surface area contributed by atoms with Crippen molar-refractivity contribution in [1.82, 2.24) is 15.2 Å². The number of fused-ring (bicyclic) bond motifs is 1. The summed E-state index contributed by atoms with van der Waals surface area (Å²) in [5.41, 5.74) is 3.95. The summed E-state index contributed by atoms with van der Waals surface area (Å²) in [6.07, 6.45) is 1.71. The number of carbonyl (C=O) groups is 1. The van der Waals surface area contributed by atoms with Crippen LogP contribution in [0, 0.1) is 0 Å². The molecule has 1 fully saturated rings. The first-order valence-corrected chi connectivity index (χ1v) is 14.9. The number of benzene rings is 2. The molecule has 0 spiro atoms. The number of nitrogens with one attached hydrogen (secondary N) is 2. The van der Waals surface area contributed by atoms with Gasteiger partial charge in [0.1, 0.15) is 6.17 Å². The highest BCUT2D eigenvalue weighted by Gasteiger charge is 2.26. The summed E-state index contributed by atoms with van der Waals surface area (Å²) < 4.78 is 35.9. The van der Waals surface area contributed by atoms with Gasteiger partial charge < -0.3 is 24.7 Å². The monoisotopic (exact) mass is 573 g/mol. The van der Waals surface area contributed by atoms with E-state index in [9.17, 15) is 13.2 Å². The zero-order valence-electron chi connectivity index (χ0n) is 22.1. The van der Waals surface area contributed by atoms with Gasteiger partial charge in [0.2, 0.25) is 5.91 Å². The molecule has 0 saturated carbocycles. The Labute approximate surface area is 236 Å². The molecule has 1 saturated heterocycles. The zero-order chi connectivity index (χ0) is 28.4. The molecule has 4 heterocycles. The smallest absolute Gasteiger partial charge is 0.317 e. The molecule has 2 aromatic carbocycles. The number of ether oxygens (including phenoxy) is 1. The number of para-hydroxylation sites is 1. The summed E-state index contributed by atoms with van der Waals surface area (Å²) in [6, 6.07) is 18.8. The van der Waals surface area contributed by atoms with Crippen molar-refractivity contribution in [1.29, 1.82) is 0 Å². The second-order valence-corrected chi connectivity index (χ2v) is 11.6. The minimum atomic E-state index is -3.49. The molecular formula is C28H27N7O5S. The van der Waals surface area contributed by atoms with Gasteiger partial charge in [0.05, 0.1) is 41.6 Å². The third-order valence-corrected chi connectivity index (χ3v) is 7.79. The van der Waals surface area contributed by atoms with E-state index in [1.807, 2.05) is 59.5 Å². The first-order valence-electron chi connectivity index (χ1n) is 13.0. The molecule has 1 atom stereocenters. The van der Waals surface area contributed by atoms with E-state index in [2.05, 4.69) is 25.8 Å². The fourth-order valence-electron chi connectivity index (χ4n) is 4.72. The second-order valence-electron chi connectivity index (χ2n) is 9.62. The van der Waals surface area contributed by atoms with E-state index in [4.69, 9.17) is 14.1 Å². The van der Waals surface area contributed by atoms with Crippen molar-refractivity contribution >= 4 is 38.8 Å². The maximum Gasteiger partial charge on any atom is 0.317 e. The van der Waals surface area contributed by atoms with Gasteiger partial charge in [-0.1, -0.05) is 53.6 Å². The zero-order valence-corrected chi connectivity index (χ0v) is 23.0. The van der Waals surface area contributed by atoms with Gasteiger partial charge in [0.15, 0.2) is 15.5 Å². The topological polar surface area (TPSA) is 152 Å². The predicted molar refractivity (Wildman–Crippen MR) is 153 cm³/mol. The van der Waals surface area contributed by atoms with Crippen molar-refractivity contribution in [2.45, 2.75) is 17.5 Å². The Morgan fingerprint density at radius 3 is 2.56 bits per heavy atom. The van der Waals surface area contributed by atoms with E-state index in [-0.39, 0.29) is 29.1 Å². The van der Waals surface area contributed by atoms with Crippen molar-refractivity contribution in [2.24, 2.45) is 4.99 Å². The maximum atomic E-state index is 12.8. The maximum absolute atomic E-state index is 12.8. The number of carbonyl (C=O) groups excluding carboxylic acids is 1. The van der Waals surface area contributed by atoms with Gasteiger partial charge in [-0.2, -0.15) is 0 Å². The summed E-state index contributed by atoms with van der Waals surface area (Å²) in [5.74, 6) is -0.125. The number of rotatable bonds is 6. The van der Waals surface area contributed by atoms with Crippen LogP contribution in [0.3, 0.4) is 0 Å². The number of hydrogen-bond acceptors (Lipinski definition) is 11. The van der Waals surface area contributed by atoms with Crippen LogP contribution in [0.2, 0.25) is 0 Å². The number of hydrogen-bond donors (Lipinski definition) is 2. The van der Waals surface area contributed by atoms with Crippen molar-refractivity contribution < 1.29 is 22.4 Å². The van der Waals surface area contributed by atoms with Crippen LogP contribution in [0.4, 0.5) is 17.4 Å². The Hall–Kier alpha value is -4.62. The Kier molecular flexibility index (Phi) is 7.20. The van der Waals surface area contributed by atoms with Crippen LogP contribution < -0.4 is 15.5 Å². The molecule has 0 radical (unpaired) electrons. The number of sulfone groups is 1. The van der Waals surface area contributed by atoms with Crippen molar-refractivity contribution in [3.63, 3.8) is 0 Å². The number of morpholine rings is 1. The van der Waals surface area contributed by atoms with Gasteiger partial charge in [-0.25, -0.2) is 13.4 Å². The van der Waals surface area contributed by atoms with Crippen LogP contribution in [-0.4, -0.2) is 73.9 Å². The third kappa shape index (κ3) is 5.81. The van der Waals surface area contributed by atoms with Crippen LogP contribution in [0.5, 0.6) is 0 Å². The van der Waals surface area contributed by atoms with Crippen LogP contribution >= 0.6 is 0 Å². The molecule has 2 aromatic heterocycles. The molecule has 210 valence electrons. The Bertz CT molecular complexity index is 1720. The number of anilines is 3. The average Bonchev–Trinajstić information content (AvgIpc) is 3.44. The molecule has 2 aliphatic rings. The van der Waals surface area contributed by atoms with E-state index in [1.54, 1.807) is 6.07 Å².